The van der Waals surface area contributed by atoms with Crippen molar-refractivity contribution in [1.82, 2.24) is 4.98 Å². The number of aromatic amines is 1. The fourth-order valence-electron chi connectivity index (χ4n) is 0.584. The van der Waals surface area contributed by atoms with Gasteiger partial charge in [-0.1, -0.05) is 0 Å². The van der Waals surface area contributed by atoms with Gasteiger partial charge in [-0.3, -0.25) is 4.79 Å². The Bertz CT molecular complexity index is 334. The lowest BCUT2D eigenvalue weighted by molar-refractivity contribution is 1.22. The second kappa shape index (κ2) is 2.23. The number of H-pyrrole nitrogens is 1. The van der Waals surface area contributed by atoms with Gasteiger partial charge in [0.05, 0.1) is 0 Å². The zero-order valence-electron chi connectivity index (χ0n) is 5.09. The highest BCUT2D eigenvalue weighted by Crippen LogP contribution is 1.96. The minimum Gasteiger partial charge on any atom is -0.398 e. The number of nitrogens with zero attached hydrogens (tertiary/aromatic N) is 1. The molecule has 1 aromatic heterocycles. The standard InChI is InChI=1S/C6H5N3O/c7-2-4-1-5(8)3-9-6(4)10/h1,3H,8H2,(H,9,10). The molecule has 1 rings (SSSR count). The SMILES string of the molecule is N#Cc1cc(N)c[nH]c1=O. The third-order valence-corrected chi connectivity index (χ3v) is 1.05. The van der Waals surface area contributed by atoms with Crippen molar-refractivity contribution >= 4 is 5.69 Å². The molecule has 0 aliphatic rings. The number of pyridine rings is 1. The zero-order valence-corrected chi connectivity index (χ0v) is 5.09. The number of nitrogens with two attached hydrogens (primary N) is 1. The molecule has 50 valence electrons. The van der Waals surface area contributed by atoms with Gasteiger partial charge in [0.1, 0.15) is 11.6 Å². The van der Waals surface area contributed by atoms with E-state index in [-0.39, 0.29) is 5.56 Å². The predicted octanol–water partition coefficient (Wildman–Crippen LogP) is -0.171. The summed E-state index contributed by atoms with van der Waals surface area (Å²) in [6.45, 7) is 0. The maximum Gasteiger partial charge on any atom is 0.265 e. The third-order valence-electron chi connectivity index (χ3n) is 1.05. The fraction of sp³-hybridized carbons (Fsp3) is 0. The second-order valence-corrected chi connectivity index (χ2v) is 1.79. The molecule has 0 saturated carbocycles. The van der Waals surface area contributed by atoms with Crippen LogP contribution < -0.4 is 11.3 Å². The van der Waals surface area contributed by atoms with Crippen molar-refractivity contribution in [3.05, 3.63) is 28.2 Å². The molecule has 0 aromatic carbocycles. The van der Waals surface area contributed by atoms with Crippen molar-refractivity contribution in [2.24, 2.45) is 0 Å². The summed E-state index contributed by atoms with van der Waals surface area (Å²) < 4.78 is 0. The van der Waals surface area contributed by atoms with Crippen LogP contribution in [-0.4, -0.2) is 4.98 Å². The minimum atomic E-state index is -0.406. The lowest BCUT2D eigenvalue weighted by atomic mass is 10.3. The van der Waals surface area contributed by atoms with Crippen LogP contribution >= 0.6 is 0 Å². The third kappa shape index (κ3) is 0.977. The predicted molar refractivity (Wildman–Crippen MR) is 36.2 cm³/mol. The van der Waals surface area contributed by atoms with Gasteiger partial charge < -0.3 is 10.7 Å². The van der Waals surface area contributed by atoms with Gasteiger partial charge in [0.25, 0.3) is 5.56 Å². The van der Waals surface area contributed by atoms with E-state index in [0.717, 1.165) is 0 Å². The Hall–Kier alpha value is -1.76. The van der Waals surface area contributed by atoms with Crippen molar-refractivity contribution in [3.8, 4) is 6.07 Å². The van der Waals surface area contributed by atoms with E-state index >= 15 is 0 Å². The van der Waals surface area contributed by atoms with Gasteiger partial charge in [-0.15, -0.1) is 0 Å². The van der Waals surface area contributed by atoms with Crippen molar-refractivity contribution in [2.75, 3.05) is 5.73 Å². The quantitative estimate of drug-likeness (QED) is 0.518. The van der Waals surface area contributed by atoms with Crippen molar-refractivity contribution in [1.29, 1.82) is 5.26 Å². The number of rotatable bonds is 0. The number of nitrogen functional groups attached to an aromatic ring is 1. The van der Waals surface area contributed by atoms with Gasteiger partial charge in [0, 0.05) is 11.9 Å². The van der Waals surface area contributed by atoms with Crippen LogP contribution in [0.2, 0.25) is 0 Å². The number of nitriles is 1. The van der Waals surface area contributed by atoms with E-state index in [1.165, 1.54) is 12.3 Å². The summed E-state index contributed by atoms with van der Waals surface area (Å²) in [6, 6.07) is 3.04. The Morgan fingerprint density at radius 1 is 1.70 bits per heavy atom. The summed E-state index contributed by atoms with van der Waals surface area (Å²) in [5.74, 6) is 0. The molecule has 1 heterocycles. The zero-order chi connectivity index (χ0) is 7.56. The van der Waals surface area contributed by atoms with Gasteiger partial charge in [-0.05, 0) is 6.07 Å². The van der Waals surface area contributed by atoms with E-state index in [9.17, 15) is 4.79 Å². The summed E-state index contributed by atoms with van der Waals surface area (Å²) in [5, 5.41) is 8.32. The van der Waals surface area contributed by atoms with Crippen LogP contribution in [0, 0.1) is 11.3 Å². The highest BCUT2D eigenvalue weighted by molar-refractivity contribution is 5.41. The molecule has 0 bridgehead atoms. The first-order chi connectivity index (χ1) is 4.74. The summed E-state index contributed by atoms with van der Waals surface area (Å²) in [5.41, 5.74) is 5.30. The molecular weight excluding hydrogens is 130 g/mol. The van der Waals surface area contributed by atoms with Gasteiger partial charge in [-0.25, -0.2) is 0 Å². The Balaban J connectivity index is 3.40. The molecule has 4 heteroatoms. The van der Waals surface area contributed by atoms with Gasteiger partial charge in [-0.2, -0.15) is 5.26 Å². The molecular formula is C6H5N3O. The first kappa shape index (κ1) is 6.36. The molecule has 4 nitrogen and oxygen atoms in total. The Labute approximate surface area is 56.9 Å². The minimum absolute atomic E-state index is 0.0417. The van der Waals surface area contributed by atoms with E-state index < -0.39 is 5.56 Å². The first-order valence-electron chi connectivity index (χ1n) is 2.62. The maximum atomic E-state index is 10.7. The molecule has 0 unspecified atom stereocenters. The van der Waals surface area contributed by atoms with Crippen LogP contribution in [-0.2, 0) is 0 Å². The van der Waals surface area contributed by atoms with Crippen LogP contribution in [0.1, 0.15) is 5.56 Å². The summed E-state index contributed by atoms with van der Waals surface area (Å²) >= 11 is 0. The molecule has 0 amide bonds. The number of nitrogens with one attached hydrogen (secondary N) is 1. The molecule has 0 atom stereocenters. The topological polar surface area (TPSA) is 82.7 Å². The molecule has 0 aliphatic carbocycles. The van der Waals surface area contributed by atoms with Crippen LogP contribution in [0.3, 0.4) is 0 Å². The molecule has 0 radical (unpaired) electrons. The number of hydrogen-bond donors (Lipinski definition) is 2. The second-order valence-electron chi connectivity index (χ2n) is 1.79. The molecule has 0 spiro atoms. The smallest absolute Gasteiger partial charge is 0.265 e. The molecule has 0 fully saturated rings. The number of aromatic nitrogens is 1. The van der Waals surface area contributed by atoms with Crippen LogP contribution in [0.5, 0.6) is 0 Å². The summed E-state index contributed by atoms with van der Waals surface area (Å²) in [6.07, 6.45) is 1.35. The fourth-order valence-corrected chi connectivity index (χ4v) is 0.584. The van der Waals surface area contributed by atoms with E-state index in [1.807, 2.05) is 0 Å². The van der Waals surface area contributed by atoms with Crippen LogP contribution in [0.25, 0.3) is 0 Å². The Morgan fingerprint density at radius 3 is 2.90 bits per heavy atom. The van der Waals surface area contributed by atoms with E-state index in [0.29, 0.717) is 5.69 Å². The summed E-state index contributed by atoms with van der Waals surface area (Å²) in [4.78, 5) is 13.0. The van der Waals surface area contributed by atoms with E-state index in [4.69, 9.17) is 11.0 Å². The largest absolute Gasteiger partial charge is 0.398 e. The van der Waals surface area contributed by atoms with Crippen molar-refractivity contribution < 1.29 is 0 Å². The van der Waals surface area contributed by atoms with Gasteiger partial charge in [0.15, 0.2) is 0 Å². The number of anilines is 1. The highest BCUT2D eigenvalue weighted by atomic mass is 16.1. The van der Waals surface area contributed by atoms with Gasteiger partial charge in [0.2, 0.25) is 0 Å². The first-order valence-corrected chi connectivity index (χ1v) is 2.62. The Kier molecular flexibility index (Phi) is 1.42. The van der Waals surface area contributed by atoms with E-state index in [2.05, 4.69) is 4.98 Å². The van der Waals surface area contributed by atoms with E-state index in [1.54, 1.807) is 6.07 Å². The van der Waals surface area contributed by atoms with Crippen molar-refractivity contribution in [2.45, 2.75) is 0 Å². The molecule has 0 saturated heterocycles. The average Bonchev–Trinajstić information content (AvgIpc) is 1.94. The summed E-state index contributed by atoms with van der Waals surface area (Å²) in [7, 11) is 0. The molecule has 1 aromatic rings. The molecule has 3 N–H and O–H groups in total. The number of hydrogen-bond acceptors (Lipinski definition) is 3. The van der Waals surface area contributed by atoms with Crippen LogP contribution in [0.4, 0.5) is 5.69 Å². The lowest BCUT2D eigenvalue weighted by Crippen LogP contribution is -2.09. The highest BCUT2D eigenvalue weighted by Gasteiger charge is 1.95. The monoisotopic (exact) mass is 135 g/mol. The van der Waals surface area contributed by atoms with Crippen LogP contribution in [0.15, 0.2) is 17.1 Å². The molecule has 10 heavy (non-hydrogen) atoms. The maximum absolute atomic E-state index is 10.7. The normalized spacial score (nSPS) is 8.70. The lowest BCUT2D eigenvalue weighted by Gasteiger charge is -1.89. The van der Waals surface area contributed by atoms with Crippen molar-refractivity contribution in [3.63, 3.8) is 0 Å². The van der Waals surface area contributed by atoms with Gasteiger partial charge >= 0.3 is 0 Å². The molecule has 0 aliphatic heterocycles. The average molecular weight is 135 g/mol. The Morgan fingerprint density at radius 2 is 2.40 bits per heavy atom.